The lowest BCUT2D eigenvalue weighted by Crippen LogP contribution is -1.95. The van der Waals surface area contributed by atoms with E-state index in [0.717, 1.165) is 12.0 Å². The predicted molar refractivity (Wildman–Crippen MR) is 200 cm³/mol. The summed E-state index contributed by atoms with van der Waals surface area (Å²) in [6.45, 7) is 22.7. The smallest absolute Gasteiger partial charge is 0.00139 e. The topological polar surface area (TPSA) is 0 Å². The summed E-state index contributed by atoms with van der Waals surface area (Å²) in [7, 11) is 0. The summed E-state index contributed by atoms with van der Waals surface area (Å²) in [6.07, 6.45) is 15.3. The van der Waals surface area contributed by atoms with Crippen LogP contribution in [0, 0.1) is 0 Å². The fourth-order valence-corrected chi connectivity index (χ4v) is 5.81. The van der Waals surface area contributed by atoms with Crippen molar-refractivity contribution in [2.24, 2.45) is 0 Å². The molecule has 1 aliphatic rings. The van der Waals surface area contributed by atoms with Gasteiger partial charge in [0.15, 0.2) is 0 Å². The number of rotatable bonds is 8. The predicted octanol–water partition coefficient (Wildman–Crippen LogP) is 13.6. The van der Waals surface area contributed by atoms with E-state index in [4.69, 9.17) is 0 Å². The third-order valence-electron chi connectivity index (χ3n) is 7.64. The highest BCUT2D eigenvalue weighted by Crippen LogP contribution is 2.52. The summed E-state index contributed by atoms with van der Waals surface area (Å²) in [5.41, 5.74) is 13.8. The van der Waals surface area contributed by atoms with E-state index in [0.29, 0.717) is 0 Å². The minimum Gasteiger partial charge on any atom is -0.0991 e. The minimum absolute atomic E-state index is 0.762. The van der Waals surface area contributed by atoms with Crippen LogP contribution in [-0.2, 0) is 0 Å². The zero-order chi connectivity index (χ0) is 32.1. The van der Waals surface area contributed by atoms with Gasteiger partial charge in [-0.25, -0.2) is 0 Å². The summed E-state index contributed by atoms with van der Waals surface area (Å²) in [6, 6.07) is 30.8. The summed E-state index contributed by atoms with van der Waals surface area (Å²) in [5.74, 6) is 0. The molecule has 0 amide bonds. The van der Waals surface area contributed by atoms with Crippen LogP contribution in [0.15, 0.2) is 157 Å². The molecule has 0 fully saturated rings. The van der Waals surface area contributed by atoms with Gasteiger partial charge in [-0.3, -0.25) is 0 Å². The molecule has 0 aliphatic heterocycles. The maximum absolute atomic E-state index is 4.39. The van der Waals surface area contributed by atoms with E-state index in [1.54, 1.807) is 6.08 Å². The van der Waals surface area contributed by atoms with Crippen molar-refractivity contribution < 1.29 is 0 Å². The molecule has 4 aromatic rings. The molecule has 0 bridgehead atoms. The van der Waals surface area contributed by atoms with Crippen molar-refractivity contribution in [1.29, 1.82) is 0 Å². The Morgan fingerprint density at radius 2 is 1.16 bits per heavy atom. The van der Waals surface area contributed by atoms with Crippen LogP contribution in [0.1, 0.15) is 66.0 Å². The van der Waals surface area contributed by atoms with Crippen LogP contribution < -0.4 is 0 Å². The van der Waals surface area contributed by atoms with Gasteiger partial charge in [-0.05, 0) is 93.6 Å². The average Bonchev–Trinajstić information content (AvgIpc) is 3.42. The van der Waals surface area contributed by atoms with E-state index in [1.807, 2.05) is 33.8 Å². The van der Waals surface area contributed by atoms with E-state index >= 15 is 0 Å². The largest absolute Gasteiger partial charge is 0.0991 e. The number of hydrogen-bond donors (Lipinski definition) is 0. The lowest BCUT2D eigenvalue weighted by molar-refractivity contribution is 1.17. The third kappa shape index (κ3) is 7.09. The summed E-state index contributed by atoms with van der Waals surface area (Å²) in [5, 5.41) is 2.64. The van der Waals surface area contributed by atoms with Crippen LogP contribution in [0.5, 0.6) is 0 Å². The molecule has 0 saturated carbocycles. The van der Waals surface area contributed by atoms with Gasteiger partial charge in [-0.2, -0.15) is 0 Å². The maximum atomic E-state index is 4.39. The molecule has 0 heteroatoms. The standard InChI is InChI=1S/C40H36.2C2H6/c1-6-9-17-28(4)27-37(29(5)18-10-7-2)38-32(8-3)35-25-23-33(30-19-13-11-14-20-30)39-34(24-26-36(38)40(35)39)31-21-15-12-16-22-31;2*1-2/h6-26H,1,4,27H2,2-3,5H3;2*1-2H3/b10-7-,17-9-,29-18+,32-8-,38-37-;;. The zero-order valence-electron chi connectivity index (χ0n) is 27.7. The summed E-state index contributed by atoms with van der Waals surface area (Å²) < 4.78 is 0. The first kappa shape index (κ1) is 33.8. The molecule has 0 saturated heterocycles. The van der Waals surface area contributed by atoms with Crippen molar-refractivity contribution in [2.45, 2.75) is 54.9 Å². The normalized spacial score (nSPS) is 14.3. The molecule has 0 spiro atoms. The van der Waals surface area contributed by atoms with Gasteiger partial charge < -0.3 is 0 Å². The minimum atomic E-state index is 0.762. The second kappa shape index (κ2) is 16.8. The van der Waals surface area contributed by atoms with Gasteiger partial charge in [0.1, 0.15) is 0 Å². The lowest BCUT2D eigenvalue weighted by atomic mass is 9.87. The molecule has 0 N–H and O–H groups in total. The highest BCUT2D eigenvalue weighted by Gasteiger charge is 2.29. The van der Waals surface area contributed by atoms with Crippen LogP contribution >= 0.6 is 0 Å². The van der Waals surface area contributed by atoms with E-state index in [-0.39, 0.29) is 0 Å². The van der Waals surface area contributed by atoms with E-state index < -0.39 is 0 Å². The second-order valence-corrected chi connectivity index (χ2v) is 10.2. The monoisotopic (exact) mass is 576 g/mol. The van der Waals surface area contributed by atoms with E-state index in [2.05, 4.69) is 149 Å². The third-order valence-corrected chi connectivity index (χ3v) is 7.64. The van der Waals surface area contributed by atoms with Crippen molar-refractivity contribution in [1.82, 2.24) is 0 Å². The zero-order valence-corrected chi connectivity index (χ0v) is 27.7. The van der Waals surface area contributed by atoms with Gasteiger partial charge in [0.25, 0.3) is 0 Å². The first-order valence-corrected chi connectivity index (χ1v) is 16.0. The average molecular weight is 577 g/mol. The molecule has 0 radical (unpaired) electrons. The SMILES string of the molecule is C=C/C=C\C(=C)CC(=C1\C(=C/C)c2ccc(-c3ccccc3)c3c(-c4ccccc4)ccc1c23)/C(C)=C/C=C\C.CC.CC. The lowest BCUT2D eigenvalue weighted by Gasteiger charge is -2.16. The Morgan fingerprint density at radius 1 is 0.659 bits per heavy atom. The van der Waals surface area contributed by atoms with Crippen molar-refractivity contribution in [3.8, 4) is 22.3 Å². The van der Waals surface area contributed by atoms with Gasteiger partial charge in [-0.15, -0.1) is 0 Å². The molecular weight excluding hydrogens is 528 g/mol. The van der Waals surface area contributed by atoms with Gasteiger partial charge in [-0.1, -0.05) is 174 Å². The quantitative estimate of drug-likeness (QED) is 0.183. The second-order valence-electron chi connectivity index (χ2n) is 10.2. The Labute approximate surface area is 266 Å². The Hall–Kier alpha value is -4.68. The van der Waals surface area contributed by atoms with E-state index in [1.165, 1.54) is 66.4 Å². The van der Waals surface area contributed by atoms with Crippen LogP contribution in [0.4, 0.5) is 0 Å². The van der Waals surface area contributed by atoms with Crippen molar-refractivity contribution in [2.75, 3.05) is 0 Å². The Balaban J connectivity index is 0.00000127. The van der Waals surface area contributed by atoms with Crippen LogP contribution in [0.2, 0.25) is 0 Å². The molecule has 44 heavy (non-hydrogen) atoms. The maximum Gasteiger partial charge on any atom is -0.00139 e. The van der Waals surface area contributed by atoms with Crippen molar-refractivity contribution in [3.05, 3.63) is 168 Å². The summed E-state index contributed by atoms with van der Waals surface area (Å²) >= 11 is 0. The molecule has 0 atom stereocenters. The molecule has 0 unspecified atom stereocenters. The van der Waals surface area contributed by atoms with Crippen molar-refractivity contribution >= 4 is 21.9 Å². The molecule has 0 heterocycles. The molecule has 0 aromatic heterocycles. The van der Waals surface area contributed by atoms with Crippen molar-refractivity contribution in [3.63, 3.8) is 0 Å². The number of benzene rings is 4. The Kier molecular flexibility index (Phi) is 12.9. The molecule has 0 nitrogen and oxygen atoms in total. The molecule has 4 aromatic carbocycles. The van der Waals surface area contributed by atoms with Gasteiger partial charge in [0.05, 0.1) is 0 Å². The van der Waals surface area contributed by atoms with Crippen LogP contribution in [0.25, 0.3) is 44.2 Å². The molecule has 1 aliphatic carbocycles. The fourth-order valence-electron chi connectivity index (χ4n) is 5.81. The molecule has 5 rings (SSSR count). The molecular formula is C44H48. The Morgan fingerprint density at radius 3 is 1.66 bits per heavy atom. The highest BCUT2D eigenvalue weighted by molar-refractivity contribution is 6.27. The summed E-state index contributed by atoms with van der Waals surface area (Å²) in [4.78, 5) is 0. The van der Waals surface area contributed by atoms with E-state index in [9.17, 15) is 0 Å². The van der Waals surface area contributed by atoms with Crippen LogP contribution in [0.3, 0.4) is 0 Å². The molecule has 224 valence electrons. The highest BCUT2D eigenvalue weighted by atomic mass is 14.3. The van der Waals surface area contributed by atoms with Crippen LogP contribution in [-0.4, -0.2) is 0 Å². The first-order chi connectivity index (χ1) is 21.6. The van der Waals surface area contributed by atoms with Gasteiger partial charge >= 0.3 is 0 Å². The fraction of sp³-hybridized carbons (Fsp3) is 0.182. The Bertz CT molecular complexity index is 1690. The first-order valence-electron chi connectivity index (χ1n) is 16.0. The van der Waals surface area contributed by atoms with Gasteiger partial charge in [0, 0.05) is 0 Å². The number of allylic oxidation sites excluding steroid dienone is 12. The number of hydrogen-bond acceptors (Lipinski definition) is 0. The van der Waals surface area contributed by atoms with Gasteiger partial charge in [0.2, 0.25) is 0 Å².